The average Bonchev–Trinajstić information content (AvgIpc) is 3.24. The highest BCUT2D eigenvalue weighted by molar-refractivity contribution is 6.95. The summed E-state index contributed by atoms with van der Waals surface area (Å²) in [6.45, 7) is 0. The van der Waals surface area contributed by atoms with E-state index in [1.165, 1.54) is 0 Å². The van der Waals surface area contributed by atoms with E-state index in [2.05, 4.69) is 18.3 Å². The second-order valence-electron chi connectivity index (χ2n) is 8.00. The van der Waals surface area contributed by atoms with Gasteiger partial charge in [-0.3, -0.25) is 0 Å². The third kappa shape index (κ3) is 3.32. The third-order valence-electron chi connectivity index (χ3n) is 6.11. The fraction of sp³-hybridized carbons (Fsp3) is 0.400. The summed E-state index contributed by atoms with van der Waals surface area (Å²) in [5.41, 5.74) is -14.2. The molecule has 2 aromatic rings. The van der Waals surface area contributed by atoms with Gasteiger partial charge in [-0.05, 0) is 24.3 Å². The molecule has 0 unspecified atom stereocenters. The fourth-order valence-electron chi connectivity index (χ4n) is 4.55. The molecule has 37 heavy (non-hydrogen) atoms. The Morgan fingerprint density at radius 2 is 0.865 bits per heavy atom. The molecule has 2 aliphatic heterocycles. The Morgan fingerprint density at radius 3 is 1.11 bits per heavy atom. The van der Waals surface area contributed by atoms with E-state index in [0.29, 0.717) is 12.1 Å². The number of ether oxygens (including phenoxy) is 2. The van der Waals surface area contributed by atoms with E-state index < -0.39 is 77.5 Å². The van der Waals surface area contributed by atoms with E-state index in [1.807, 2.05) is 0 Å². The Morgan fingerprint density at radius 1 is 0.568 bits per heavy atom. The zero-order valence-electron chi connectivity index (χ0n) is 18.1. The fourth-order valence-corrected chi connectivity index (χ4v) is 8.68. The molecule has 0 fully saturated rings. The van der Waals surface area contributed by atoms with Gasteiger partial charge in [-0.2, -0.15) is 52.7 Å². The van der Waals surface area contributed by atoms with Gasteiger partial charge >= 0.3 is 33.3 Å². The van der Waals surface area contributed by atoms with Crippen molar-refractivity contribution in [3.63, 3.8) is 0 Å². The number of methoxy groups -OCH3 is 2. The minimum absolute atomic E-state index is 0.200. The third-order valence-corrected chi connectivity index (χ3v) is 9.59. The van der Waals surface area contributed by atoms with E-state index in [1.54, 1.807) is 0 Å². The molecule has 0 saturated carbocycles. The zero-order chi connectivity index (χ0) is 28.0. The highest BCUT2D eigenvalue weighted by Crippen LogP contribution is 2.63. The van der Waals surface area contributed by atoms with Crippen LogP contribution in [0, 0.1) is 0 Å². The van der Waals surface area contributed by atoms with Crippen molar-refractivity contribution >= 4 is 18.9 Å². The van der Waals surface area contributed by atoms with Crippen molar-refractivity contribution in [2.45, 2.75) is 35.9 Å². The van der Waals surface area contributed by atoms with E-state index >= 15 is 0 Å². The maximum absolute atomic E-state index is 14.2. The first-order valence-electron chi connectivity index (χ1n) is 9.79. The lowest BCUT2D eigenvalue weighted by molar-refractivity contribution is -0.381. The second kappa shape index (κ2) is 7.69. The number of hydrogen-bond acceptors (Lipinski definition) is 4. The summed E-state index contributed by atoms with van der Waals surface area (Å²) in [6, 6.07) is 2.91. The molecule has 1 spiro atoms. The Labute approximate surface area is 199 Å². The molecule has 0 atom stereocenters. The lowest BCUT2D eigenvalue weighted by Gasteiger charge is -2.38. The van der Waals surface area contributed by atoms with Crippen LogP contribution in [-0.4, -0.2) is 47.5 Å². The Hall–Kier alpha value is -2.66. The highest BCUT2D eigenvalue weighted by Gasteiger charge is 2.87. The molecule has 0 radical (unpaired) electrons. The van der Waals surface area contributed by atoms with Gasteiger partial charge in [0.05, 0.1) is 14.2 Å². The predicted molar refractivity (Wildman–Crippen MR) is 101 cm³/mol. The van der Waals surface area contributed by atoms with Crippen LogP contribution in [0.25, 0.3) is 0 Å². The van der Waals surface area contributed by atoms with Crippen LogP contribution in [0.3, 0.4) is 0 Å². The first kappa shape index (κ1) is 27.4. The monoisotopic (exact) mass is 572 g/mol. The van der Waals surface area contributed by atoms with E-state index in [0.717, 1.165) is 26.4 Å². The van der Waals surface area contributed by atoms with Gasteiger partial charge < -0.3 is 18.3 Å². The summed E-state index contributed by atoms with van der Waals surface area (Å²) in [5, 5.41) is -2.49. The maximum atomic E-state index is 14.2. The van der Waals surface area contributed by atoms with Crippen molar-refractivity contribution < 1.29 is 71.0 Å². The van der Waals surface area contributed by atoms with E-state index in [9.17, 15) is 52.7 Å². The summed E-state index contributed by atoms with van der Waals surface area (Å²) in [7, 11) is -4.33. The van der Waals surface area contributed by atoms with Crippen LogP contribution in [0.15, 0.2) is 36.4 Å². The number of benzene rings is 2. The molecule has 4 nitrogen and oxygen atoms in total. The predicted octanol–water partition coefficient (Wildman–Crippen LogP) is 4.96. The molecule has 0 N–H and O–H groups in total. The Balaban J connectivity index is 2.20. The SMILES string of the molecule is COc1ccc2c(c1)C(C(F)(F)F)(C(F)(F)F)O[Si]21OC(C(F)(F)F)(C(F)(F)F)c2cc(OC)ccc21. The van der Waals surface area contributed by atoms with Gasteiger partial charge in [-0.1, -0.05) is 12.1 Å². The smallest absolute Gasteiger partial charge is 0.429 e. The van der Waals surface area contributed by atoms with Crippen LogP contribution >= 0.6 is 0 Å². The molecule has 0 aliphatic carbocycles. The lowest BCUT2D eigenvalue weighted by Crippen LogP contribution is -2.64. The normalized spacial score (nSPS) is 20.1. The minimum Gasteiger partial charge on any atom is -0.497 e. The summed E-state index contributed by atoms with van der Waals surface area (Å²) < 4.78 is 189. The summed E-state index contributed by atoms with van der Waals surface area (Å²) >= 11 is 0. The van der Waals surface area contributed by atoms with Gasteiger partial charge in [0.1, 0.15) is 11.5 Å². The molecule has 17 heteroatoms. The van der Waals surface area contributed by atoms with E-state index in [4.69, 9.17) is 0 Å². The summed E-state index contributed by atoms with van der Waals surface area (Å²) in [4.78, 5) is 0. The van der Waals surface area contributed by atoms with Crippen LogP contribution in [0.1, 0.15) is 11.1 Å². The van der Waals surface area contributed by atoms with Crippen molar-refractivity contribution in [1.29, 1.82) is 0 Å². The largest absolute Gasteiger partial charge is 0.497 e. The Bertz CT molecular complexity index is 1110. The van der Waals surface area contributed by atoms with Gasteiger partial charge in [-0.25, -0.2) is 0 Å². The molecular formula is C20H12F12O4Si. The van der Waals surface area contributed by atoms with Crippen LogP contribution in [-0.2, 0) is 20.1 Å². The Kier molecular flexibility index (Phi) is 5.69. The number of alkyl halides is 12. The number of hydrogen-bond donors (Lipinski definition) is 0. The van der Waals surface area contributed by atoms with Gasteiger partial charge in [-0.15, -0.1) is 0 Å². The summed E-state index contributed by atoms with van der Waals surface area (Å²) in [5.74, 6) is -1.20. The average molecular weight is 572 g/mol. The number of rotatable bonds is 2. The maximum Gasteiger partial charge on any atom is 0.429 e. The van der Waals surface area contributed by atoms with Gasteiger partial charge in [0.2, 0.25) is 0 Å². The van der Waals surface area contributed by atoms with Gasteiger partial charge in [0, 0.05) is 21.5 Å². The van der Waals surface area contributed by atoms with Crippen molar-refractivity contribution in [2.75, 3.05) is 14.2 Å². The van der Waals surface area contributed by atoms with Crippen molar-refractivity contribution in [1.82, 2.24) is 0 Å². The molecule has 204 valence electrons. The quantitative estimate of drug-likeness (QED) is 0.377. The molecule has 0 bridgehead atoms. The second-order valence-corrected chi connectivity index (χ2v) is 10.7. The first-order chi connectivity index (χ1) is 16.7. The number of halogens is 12. The standard InChI is InChI=1S/C20H12F12O4Si/c1-33-9-3-5-13-11(7-9)15(17(21,22)23,18(24,25)26)35-37(13)14-6-4-10(34-2)8-12(14)16(36-37,19(27,28)29)20(30,31)32/h3-8H,1-2H3. The molecule has 2 aromatic carbocycles. The van der Waals surface area contributed by atoms with Gasteiger partial charge in [0.15, 0.2) is 0 Å². The number of fused-ring (bicyclic) bond motifs is 4. The highest BCUT2D eigenvalue weighted by atomic mass is 28.4. The van der Waals surface area contributed by atoms with Crippen molar-refractivity contribution in [3.8, 4) is 11.5 Å². The van der Waals surface area contributed by atoms with Crippen LogP contribution < -0.4 is 19.8 Å². The summed E-state index contributed by atoms with van der Waals surface area (Å²) in [6.07, 6.45) is -25.6. The first-order valence-corrected chi connectivity index (χ1v) is 11.6. The molecular weight excluding hydrogens is 560 g/mol. The molecule has 4 rings (SSSR count). The van der Waals surface area contributed by atoms with Gasteiger partial charge in [0.25, 0.3) is 11.2 Å². The molecule has 0 aromatic heterocycles. The lowest BCUT2D eigenvalue weighted by atomic mass is 9.92. The zero-order valence-corrected chi connectivity index (χ0v) is 19.1. The van der Waals surface area contributed by atoms with Crippen LogP contribution in [0.5, 0.6) is 11.5 Å². The topological polar surface area (TPSA) is 36.9 Å². The van der Waals surface area contributed by atoms with Crippen LogP contribution in [0.2, 0.25) is 0 Å². The minimum atomic E-state index is -6.40. The molecule has 0 amide bonds. The van der Waals surface area contributed by atoms with Crippen LogP contribution in [0.4, 0.5) is 52.7 Å². The molecule has 2 heterocycles. The van der Waals surface area contributed by atoms with Crippen molar-refractivity contribution in [3.05, 3.63) is 47.5 Å². The van der Waals surface area contributed by atoms with E-state index in [-0.39, 0.29) is 12.1 Å². The molecule has 2 aliphatic rings. The van der Waals surface area contributed by atoms with Crippen molar-refractivity contribution in [2.24, 2.45) is 0 Å². The molecule has 0 saturated heterocycles.